The van der Waals surface area contributed by atoms with Crippen molar-refractivity contribution in [1.82, 2.24) is 4.90 Å². The van der Waals surface area contributed by atoms with Crippen LogP contribution in [0.1, 0.15) is 6.42 Å². The molecule has 4 heteroatoms. The van der Waals surface area contributed by atoms with Crippen molar-refractivity contribution in [2.45, 2.75) is 12.5 Å². The van der Waals surface area contributed by atoms with Crippen molar-refractivity contribution in [2.75, 3.05) is 6.54 Å². The molecule has 11 heavy (non-hydrogen) atoms. The van der Waals surface area contributed by atoms with Crippen molar-refractivity contribution in [3.8, 4) is 0 Å². The van der Waals surface area contributed by atoms with Gasteiger partial charge in [-0.2, -0.15) is 0 Å². The highest BCUT2D eigenvalue weighted by Gasteiger charge is 2.38. The molecule has 0 spiro atoms. The Balaban J connectivity index is 2.54. The van der Waals surface area contributed by atoms with Gasteiger partial charge in [-0.15, -0.1) is 6.58 Å². The van der Waals surface area contributed by atoms with Crippen molar-refractivity contribution in [1.29, 1.82) is 0 Å². The highest BCUT2D eigenvalue weighted by atomic mass is 16.2. The highest BCUT2D eigenvalue weighted by Crippen LogP contribution is 2.17. The van der Waals surface area contributed by atoms with Gasteiger partial charge in [0.2, 0.25) is 11.8 Å². The maximum Gasteiger partial charge on any atom is 0.240 e. The smallest absolute Gasteiger partial charge is 0.240 e. The van der Waals surface area contributed by atoms with E-state index in [0.29, 0.717) is 6.54 Å². The number of likely N-dealkylation sites (tertiary alicyclic amines) is 1. The van der Waals surface area contributed by atoms with Gasteiger partial charge >= 0.3 is 0 Å². The molecule has 1 heterocycles. The third kappa shape index (κ3) is 1.24. The van der Waals surface area contributed by atoms with Crippen molar-refractivity contribution in [3.05, 3.63) is 12.7 Å². The molecule has 0 bridgehead atoms. The van der Waals surface area contributed by atoms with E-state index < -0.39 is 11.9 Å². The number of β-lactam (4-membered cyclic amide) rings is 1. The predicted octanol–water partition coefficient (Wildman–Crippen LogP) is -0.741. The van der Waals surface area contributed by atoms with Crippen molar-refractivity contribution in [2.24, 2.45) is 5.73 Å². The Morgan fingerprint density at radius 1 is 1.91 bits per heavy atom. The van der Waals surface area contributed by atoms with E-state index in [-0.39, 0.29) is 12.3 Å². The van der Waals surface area contributed by atoms with E-state index in [4.69, 9.17) is 5.73 Å². The van der Waals surface area contributed by atoms with Crippen LogP contribution in [0.3, 0.4) is 0 Å². The number of carbonyl (C=O) groups excluding carboxylic acids is 2. The number of rotatable bonds is 3. The number of primary amides is 1. The molecular weight excluding hydrogens is 144 g/mol. The van der Waals surface area contributed by atoms with Crippen LogP contribution in [0.4, 0.5) is 0 Å². The summed E-state index contributed by atoms with van der Waals surface area (Å²) in [6, 6.07) is -0.402. The van der Waals surface area contributed by atoms with Crippen molar-refractivity contribution >= 4 is 11.8 Å². The third-order valence-electron chi connectivity index (χ3n) is 1.72. The summed E-state index contributed by atoms with van der Waals surface area (Å²) in [4.78, 5) is 22.8. The first-order valence-corrected chi connectivity index (χ1v) is 3.36. The summed E-state index contributed by atoms with van der Waals surface area (Å²) in [7, 11) is 0. The lowest BCUT2D eigenvalue weighted by molar-refractivity contribution is -0.151. The molecule has 1 saturated heterocycles. The molecule has 1 aliphatic heterocycles. The van der Waals surface area contributed by atoms with Crippen LogP contribution in [0, 0.1) is 0 Å². The first-order valence-electron chi connectivity index (χ1n) is 3.36. The van der Waals surface area contributed by atoms with Gasteiger partial charge in [0.25, 0.3) is 0 Å². The molecule has 0 saturated carbocycles. The molecule has 1 aliphatic rings. The standard InChI is InChI=1S/C7H10N2O2/c1-2-3-9-5(7(8)11)4-6(9)10/h2,5H,1,3-4H2,(H2,8,11)/t5-/m0/s1. The topological polar surface area (TPSA) is 63.4 Å². The van der Waals surface area contributed by atoms with Crippen molar-refractivity contribution in [3.63, 3.8) is 0 Å². The molecule has 2 N–H and O–H groups in total. The summed E-state index contributed by atoms with van der Waals surface area (Å²) >= 11 is 0. The number of carbonyl (C=O) groups is 2. The first kappa shape index (κ1) is 7.78. The molecule has 1 atom stereocenters. The van der Waals surface area contributed by atoms with Gasteiger partial charge in [-0.05, 0) is 0 Å². The van der Waals surface area contributed by atoms with Crippen LogP contribution in [-0.2, 0) is 9.59 Å². The van der Waals surface area contributed by atoms with Crippen LogP contribution in [0.2, 0.25) is 0 Å². The van der Waals surface area contributed by atoms with Gasteiger partial charge in [0.15, 0.2) is 0 Å². The lowest BCUT2D eigenvalue weighted by Crippen LogP contribution is -2.58. The lowest BCUT2D eigenvalue weighted by Gasteiger charge is -2.37. The maximum atomic E-state index is 10.8. The molecule has 0 aliphatic carbocycles. The van der Waals surface area contributed by atoms with Crippen LogP contribution < -0.4 is 5.73 Å². The molecule has 0 radical (unpaired) electrons. The summed E-state index contributed by atoms with van der Waals surface area (Å²) in [6.45, 7) is 3.87. The third-order valence-corrected chi connectivity index (χ3v) is 1.72. The molecular formula is C7H10N2O2. The maximum absolute atomic E-state index is 10.8. The van der Waals surface area contributed by atoms with E-state index in [1.807, 2.05) is 0 Å². The lowest BCUT2D eigenvalue weighted by atomic mass is 10.0. The monoisotopic (exact) mass is 154 g/mol. The second-order valence-corrected chi connectivity index (χ2v) is 2.46. The number of amides is 2. The molecule has 0 unspecified atom stereocenters. The van der Waals surface area contributed by atoms with Gasteiger partial charge in [0.1, 0.15) is 6.04 Å². The zero-order valence-electron chi connectivity index (χ0n) is 6.12. The average Bonchev–Trinajstić information content (AvgIpc) is 1.95. The fourth-order valence-electron chi connectivity index (χ4n) is 1.08. The molecule has 2 amide bonds. The number of nitrogens with two attached hydrogens (primary N) is 1. The van der Waals surface area contributed by atoms with E-state index in [0.717, 1.165) is 0 Å². The van der Waals surface area contributed by atoms with E-state index in [2.05, 4.69) is 6.58 Å². The molecule has 60 valence electrons. The highest BCUT2D eigenvalue weighted by molar-refractivity contribution is 5.96. The van der Waals surface area contributed by atoms with E-state index in [1.165, 1.54) is 4.90 Å². The van der Waals surface area contributed by atoms with Crippen LogP contribution in [0.25, 0.3) is 0 Å². The van der Waals surface area contributed by atoms with Crippen LogP contribution in [-0.4, -0.2) is 29.3 Å². The van der Waals surface area contributed by atoms with E-state index in [9.17, 15) is 9.59 Å². The van der Waals surface area contributed by atoms with Gasteiger partial charge in [-0.3, -0.25) is 9.59 Å². The predicted molar refractivity (Wildman–Crippen MR) is 39.5 cm³/mol. The fourth-order valence-corrected chi connectivity index (χ4v) is 1.08. The SMILES string of the molecule is C=CCN1C(=O)C[C@H]1C(N)=O. The second kappa shape index (κ2) is 2.74. The summed E-state index contributed by atoms with van der Waals surface area (Å²) in [5.41, 5.74) is 5.01. The van der Waals surface area contributed by atoms with Gasteiger partial charge in [-0.1, -0.05) is 6.08 Å². The minimum atomic E-state index is -0.438. The number of hydrogen-bond donors (Lipinski definition) is 1. The Kier molecular flexibility index (Phi) is 1.94. The van der Waals surface area contributed by atoms with Gasteiger partial charge in [-0.25, -0.2) is 0 Å². The first-order chi connectivity index (χ1) is 5.16. The Bertz CT molecular complexity index is 212. The number of nitrogens with zero attached hydrogens (tertiary/aromatic N) is 1. The van der Waals surface area contributed by atoms with Gasteiger partial charge < -0.3 is 10.6 Å². The normalized spacial score (nSPS) is 22.7. The minimum absolute atomic E-state index is 0.0336. The van der Waals surface area contributed by atoms with E-state index in [1.54, 1.807) is 6.08 Å². The largest absolute Gasteiger partial charge is 0.368 e. The molecule has 1 fully saturated rings. The molecule has 4 nitrogen and oxygen atoms in total. The summed E-state index contributed by atoms with van der Waals surface area (Å²) in [5.74, 6) is -0.472. The zero-order valence-corrected chi connectivity index (χ0v) is 6.12. The van der Waals surface area contributed by atoms with Gasteiger partial charge in [0.05, 0.1) is 6.42 Å². The summed E-state index contributed by atoms with van der Waals surface area (Å²) < 4.78 is 0. The van der Waals surface area contributed by atoms with Crippen LogP contribution in [0.5, 0.6) is 0 Å². The Labute approximate surface area is 64.7 Å². The molecule has 0 aromatic carbocycles. The molecule has 1 rings (SSSR count). The van der Waals surface area contributed by atoms with Crippen LogP contribution >= 0.6 is 0 Å². The Morgan fingerprint density at radius 3 is 2.91 bits per heavy atom. The zero-order chi connectivity index (χ0) is 8.43. The van der Waals surface area contributed by atoms with E-state index >= 15 is 0 Å². The second-order valence-electron chi connectivity index (χ2n) is 2.46. The van der Waals surface area contributed by atoms with Gasteiger partial charge in [0, 0.05) is 6.54 Å². The quantitative estimate of drug-likeness (QED) is 0.430. The summed E-state index contributed by atoms with van der Waals surface area (Å²) in [6.07, 6.45) is 1.83. The Morgan fingerprint density at radius 2 is 2.55 bits per heavy atom. The van der Waals surface area contributed by atoms with Crippen molar-refractivity contribution < 1.29 is 9.59 Å². The number of hydrogen-bond acceptors (Lipinski definition) is 2. The summed E-state index contributed by atoms with van der Waals surface area (Å²) in [5, 5.41) is 0. The molecule has 0 aromatic rings. The minimum Gasteiger partial charge on any atom is -0.368 e. The fraction of sp³-hybridized carbons (Fsp3) is 0.429. The van der Waals surface area contributed by atoms with Crippen LogP contribution in [0.15, 0.2) is 12.7 Å². The average molecular weight is 154 g/mol. The Hall–Kier alpha value is -1.32. The molecule has 0 aromatic heterocycles.